The molecule has 0 bridgehead atoms. The first-order chi connectivity index (χ1) is 7.99. The van der Waals surface area contributed by atoms with Gasteiger partial charge in [-0.3, -0.25) is 9.00 Å². The Kier molecular flexibility index (Phi) is 6.12. The second-order valence-corrected chi connectivity index (χ2v) is 6.85. The monoisotopic (exact) mass is 260 g/mol. The van der Waals surface area contributed by atoms with Crippen LogP contribution in [0.25, 0.3) is 0 Å². The van der Waals surface area contributed by atoms with Gasteiger partial charge in [-0.2, -0.15) is 0 Å². The molecule has 0 aromatic carbocycles. The van der Waals surface area contributed by atoms with E-state index in [1.54, 1.807) is 0 Å². The maximum Gasteiger partial charge on any atom is 0.236 e. The molecule has 1 fully saturated rings. The lowest BCUT2D eigenvalue weighted by atomic mass is 10.1. The van der Waals surface area contributed by atoms with Gasteiger partial charge < -0.3 is 10.6 Å². The normalized spacial score (nSPS) is 26.8. The maximum absolute atomic E-state index is 11.8. The van der Waals surface area contributed by atoms with Gasteiger partial charge in [-0.1, -0.05) is 13.8 Å². The highest BCUT2D eigenvalue weighted by Crippen LogP contribution is 2.09. The van der Waals surface area contributed by atoms with Gasteiger partial charge in [0.25, 0.3) is 0 Å². The van der Waals surface area contributed by atoms with Gasteiger partial charge >= 0.3 is 0 Å². The van der Waals surface area contributed by atoms with Gasteiger partial charge in [0.15, 0.2) is 0 Å². The van der Waals surface area contributed by atoms with Gasteiger partial charge in [-0.05, 0) is 25.7 Å². The highest BCUT2D eigenvalue weighted by molar-refractivity contribution is 7.85. The largest absolute Gasteiger partial charge is 0.354 e. The molecule has 1 amide bonds. The molecular weight excluding hydrogens is 236 g/mol. The lowest BCUT2D eigenvalue weighted by Gasteiger charge is -2.26. The Balaban J connectivity index is 2.25. The Hall–Kier alpha value is -0.420. The summed E-state index contributed by atoms with van der Waals surface area (Å²) in [5, 5.41) is 6.24. The van der Waals surface area contributed by atoms with E-state index >= 15 is 0 Å². The summed E-state index contributed by atoms with van der Waals surface area (Å²) in [5.41, 5.74) is 0. The third-order valence-corrected chi connectivity index (χ3v) is 4.33. The third-order valence-electron chi connectivity index (χ3n) is 2.95. The Morgan fingerprint density at radius 3 is 2.41 bits per heavy atom. The summed E-state index contributed by atoms with van der Waals surface area (Å²) in [5.74, 6) is 2.06. The minimum Gasteiger partial charge on any atom is -0.354 e. The molecule has 1 saturated heterocycles. The van der Waals surface area contributed by atoms with Crippen LogP contribution in [0.2, 0.25) is 0 Å². The zero-order chi connectivity index (χ0) is 12.8. The maximum atomic E-state index is 11.8. The van der Waals surface area contributed by atoms with Crippen molar-refractivity contribution < 1.29 is 9.00 Å². The van der Waals surface area contributed by atoms with Crippen LogP contribution in [0.5, 0.6) is 0 Å². The molecule has 1 atom stereocenters. The van der Waals surface area contributed by atoms with E-state index in [1.807, 2.05) is 6.92 Å². The van der Waals surface area contributed by atoms with Crippen molar-refractivity contribution in [2.45, 2.75) is 45.7 Å². The van der Waals surface area contributed by atoms with Crippen LogP contribution in [0, 0.1) is 5.92 Å². The summed E-state index contributed by atoms with van der Waals surface area (Å²) in [6, 6.07) is 0.179. The Morgan fingerprint density at radius 1 is 1.29 bits per heavy atom. The zero-order valence-corrected chi connectivity index (χ0v) is 11.8. The Labute approximate surface area is 106 Å². The molecule has 100 valence electrons. The molecule has 2 N–H and O–H groups in total. The Bertz CT molecular complexity index is 272. The van der Waals surface area contributed by atoms with Crippen molar-refractivity contribution in [2.24, 2.45) is 5.92 Å². The third kappa shape index (κ3) is 5.64. The van der Waals surface area contributed by atoms with Gasteiger partial charge in [0, 0.05) is 34.9 Å². The zero-order valence-electron chi connectivity index (χ0n) is 11.0. The van der Waals surface area contributed by atoms with Crippen molar-refractivity contribution in [3.05, 3.63) is 0 Å². The second kappa shape index (κ2) is 7.11. The minimum absolute atomic E-state index is 0.0606. The fourth-order valence-electron chi connectivity index (χ4n) is 1.85. The lowest BCUT2D eigenvalue weighted by Crippen LogP contribution is -2.49. The molecule has 1 unspecified atom stereocenters. The van der Waals surface area contributed by atoms with Crippen LogP contribution in [0.4, 0.5) is 0 Å². The summed E-state index contributed by atoms with van der Waals surface area (Å²) in [7, 11) is -0.637. The van der Waals surface area contributed by atoms with E-state index in [9.17, 15) is 9.00 Å². The van der Waals surface area contributed by atoms with E-state index < -0.39 is 10.8 Å². The average molecular weight is 260 g/mol. The predicted octanol–water partition coefficient (Wildman–Crippen LogP) is 0.648. The van der Waals surface area contributed by atoms with Gasteiger partial charge in [0.1, 0.15) is 0 Å². The van der Waals surface area contributed by atoms with Gasteiger partial charge in [-0.15, -0.1) is 0 Å². The van der Waals surface area contributed by atoms with E-state index in [-0.39, 0.29) is 11.9 Å². The number of nitrogens with one attached hydrogen (secondary N) is 2. The molecule has 4 nitrogen and oxygen atoms in total. The summed E-state index contributed by atoms with van der Waals surface area (Å²) >= 11 is 0. The number of hydrogen-bond acceptors (Lipinski definition) is 3. The van der Waals surface area contributed by atoms with Crippen LogP contribution in [-0.4, -0.2) is 40.3 Å². The fraction of sp³-hybridized carbons (Fsp3) is 0.917. The average Bonchev–Trinajstić information content (AvgIpc) is 2.28. The summed E-state index contributed by atoms with van der Waals surface area (Å²) in [6.45, 7) is 6.77. The molecule has 0 aromatic heterocycles. The van der Waals surface area contributed by atoms with Gasteiger partial charge in [0.2, 0.25) is 5.91 Å². The smallest absolute Gasteiger partial charge is 0.236 e. The van der Waals surface area contributed by atoms with Crippen LogP contribution in [0.1, 0.15) is 33.6 Å². The van der Waals surface area contributed by atoms with E-state index in [0.29, 0.717) is 12.0 Å². The van der Waals surface area contributed by atoms with Crippen LogP contribution in [0.15, 0.2) is 0 Å². The number of carbonyl (C=O) groups excluding carboxylic acids is 1. The first-order valence-electron chi connectivity index (χ1n) is 6.37. The first kappa shape index (κ1) is 14.6. The second-order valence-electron chi connectivity index (χ2n) is 5.15. The molecule has 1 rings (SSSR count). The fourth-order valence-corrected chi connectivity index (χ4v) is 3.15. The number of carbonyl (C=O) groups is 1. The molecule has 0 radical (unpaired) electrons. The first-order valence-corrected chi connectivity index (χ1v) is 7.86. The van der Waals surface area contributed by atoms with Crippen molar-refractivity contribution in [2.75, 3.05) is 18.1 Å². The molecule has 0 aliphatic carbocycles. The van der Waals surface area contributed by atoms with Crippen molar-refractivity contribution in [3.8, 4) is 0 Å². The van der Waals surface area contributed by atoms with Crippen LogP contribution < -0.4 is 10.6 Å². The summed E-state index contributed by atoms with van der Waals surface area (Å²) < 4.78 is 11.2. The van der Waals surface area contributed by atoms with Gasteiger partial charge in [0.05, 0.1) is 6.04 Å². The lowest BCUT2D eigenvalue weighted by molar-refractivity contribution is -0.123. The summed E-state index contributed by atoms with van der Waals surface area (Å²) in [4.78, 5) is 11.8. The molecule has 0 spiro atoms. The summed E-state index contributed by atoms with van der Waals surface area (Å²) in [6.07, 6.45) is 1.82. The molecular formula is C12H24N2O2S. The molecule has 5 heteroatoms. The van der Waals surface area contributed by atoms with E-state index in [4.69, 9.17) is 0 Å². The molecule has 1 aliphatic rings. The highest BCUT2D eigenvalue weighted by atomic mass is 32.2. The number of rotatable bonds is 5. The number of amides is 1. The minimum atomic E-state index is -0.637. The standard InChI is InChI=1S/C12H24N2O2S/c1-9(2)8-13-12(15)10(3)14-11-4-6-17(16)7-5-11/h9-11,14H,4-8H2,1-3H3,(H,13,15). The van der Waals surface area contributed by atoms with Crippen LogP contribution in [0.3, 0.4) is 0 Å². The van der Waals surface area contributed by atoms with Crippen molar-refractivity contribution in [3.63, 3.8) is 0 Å². The molecule has 1 aliphatic heterocycles. The highest BCUT2D eigenvalue weighted by Gasteiger charge is 2.21. The SMILES string of the molecule is CC(C)CNC(=O)C(C)NC1CCS(=O)CC1. The molecule has 17 heavy (non-hydrogen) atoms. The van der Waals surface area contributed by atoms with E-state index in [1.165, 1.54) is 0 Å². The topological polar surface area (TPSA) is 58.2 Å². The number of hydrogen-bond donors (Lipinski definition) is 2. The Morgan fingerprint density at radius 2 is 1.88 bits per heavy atom. The van der Waals surface area contributed by atoms with E-state index in [0.717, 1.165) is 30.9 Å². The van der Waals surface area contributed by atoms with Crippen molar-refractivity contribution >= 4 is 16.7 Å². The molecule has 0 saturated carbocycles. The van der Waals surface area contributed by atoms with Crippen LogP contribution >= 0.6 is 0 Å². The van der Waals surface area contributed by atoms with E-state index in [2.05, 4.69) is 24.5 Å². The molecule has 1 heterocycles. The van der Waals surface area contributed by atoms with Gasteiger partial charge in [-0.25, -0.2) is 0 Å². The quantitative estimate of drug-likeness (QED) is 0.763. The predicted molar refractivity (Wildman–Crippen MR) is 71.3 cm³/mol. The van der Waals surface area contributed by atoms with Crippen molar-refractivity contribution in [1.82, 2.24) is 10.6 Å². The van der Waals surface area contributed by atoms with Crippen LogP contribution in [-0.2, 0) is 15.6 Å². The van der Waals surface area contributed by atoms with Crippen molar-refractivity contribution in [1.29, 1.82) is 0 Å². The molecule has 0 aromatic rings.